The molecule has 0 aromatic carbocycles. The molecule has 1 aromatic heterocycles. The van der Waals surface area contributed by atoms with Crippen LogP contribution >= 0.6 is 22.9 Å². The van der Waals surface area contributed by atoms with Crippen LogP contribution in [0.2, 0.25) is 0 Å². The lowest BCUT2D eigenvalue weighted by Crippen LogP contribution is -2.56. The third-order valence-corrected chi connectivity index (χ3v) is 4.03. The van der Waals surface area contributed by atoms with Crippen LogP contribution in [-0.2, 0) is 21.9 Å². The summed E-state index contributed by atoms with van der Waals surface area (Å²) < 4.78 is 0. The van der Waals surface area contributed by atoms with Crippen LogP contribution in [0, 0.1) is 0 Å². The monoisotopic (exact) mass is 287 g/mol. The van der Waals surface area contributed by atoms with Crippen molar-refractivity contribution in [2.75, 3.05) is 13.1 Å². The zero-order chi connectivity index (χ0) is 13.1. The van der Waals surface area contributed by atoms with Crippen LogP contribution in [0.1, 0.15) is 17.6 Å². The predicted octanol–water partition coefficient (Wildman–Crippen LogP) is 0.771. The second kappa shape index (κ2) is 5.67. The number of nitrogens with zero attached hydrogens (tertiary/aromatic N) is 2. The zero-order valence-electron chi connectivity index (χ0n) is 9.98. The molecule has 0 aliphatic carbocycles. The minimum absolute atomic E-state index is 0.0622. The Kier molecular flexibility index (Phi) is 4.19. The maximum absolute atomic E-state index is 12.1. The molecule has 2 heterocycles. The molecule has 0 spiro atoms. The van der Waals surface area contributed by atoms with E-state index in [-0.39, 0.29) is 18.2 Å². The van der Waals surface area contributed by atoms with E-state index in [2.05, 4.69) is 10.3 Å². The molecule has 18 heavy (non-hydrogen) atoms. The standard InChI is InChI=1S/C11H14ClN3O2S/c1-7-11(17)13-2-3-15(7)10(16)4-9-14-8(5-12)6-18-9/h6-7H,2-5H2,1H3,(H,13,17). The van der Waals surface area contributed by atoms with Crippen molar-refractivity contribution < 1.29 is 9.59 Å². The first kappa shape index (κ1) is 13.3. The minimum atomic E-state index is -0.404. The van der Waals surface area contributed by atoms with Crippen molar-refractivity contribution in [3.63, 3.8) is 0 Å². The zero-order valence-corrected chi connectivity index (χ0v) is 11.6. The Bertz CT molecular complexity index is 463. The SMILES string of the molecule is CC1C(=O)NCCN1C(=O)Cc1nc(CCl)cs1. The Balaban J connectivity index is 2.00. The molecule has 1 aromatic rings. The van der Waals surface area contributed by atoms with E-state index in [1.165, 1.54) is 11.3 Å². The van der Waals surface area contributed by atoms with E-state index in [0.29, 0.717) is 19.0 Å². The van der Waals surface area contributed by atoms with E-state index >= 15 is 0 Å². The number of amides is 2. The number of hydrogen-bond acceptors (Lipinski definition) is 4. The molecule has 98 valence electrons. The first-order valence-electron chi connectivity index (χ1n) is 5.68. The largest absolute Gasteiger partial charge is 0.353 e. The highest BCUT2D eigenvalue weighted by molar-refractivity contribution is 7.09. The molecule has 1 fully saturated rings. The summed E-state index contributed by atoms with van der Waals surface area (Å²) in [5.41, 5.74) is 0.786. The van der Waals surface area contributed by atoms with Gasteiger partial charge in [-0.1, -0.05) is 0 Å². The Morgan fingerprint density at radius 1 is 1.72 bits per heavy atom. The number of carbonyl (C=O) groups is 2. The maximum atomic E-state index is 12.1. The molecule has 1 unspecified atom stereocenters. The van der Waals surface area contributed by atoms with E-state index in [4.69, 9.17) is 11.6 Å². The summed E-state index contributed by atoms with van der Waals surface area (Å²) in [7, 11) is 0. The molecular weight excluding hydrogens is 274 g/mol. The van der Waals surface area contributed by atoms with Crippen LogP contribution in [0.15, 0.2) is 5.38 Å². The molecule has 1 atom stereocenters. The van der Waals surface area contributed by atoms with Crippen LogP contribution in [0.5, 0.6) is 0 Å². The second-order valence-electron chi connectivity index (χ2n) is 4.10. The molecule has 0 saturated carbocycles. The van der Waals surface area contributed by atoms with Crippen LogP contribution in [0.4, 0.5) is 0 Å². The number of halogens is 1. The average molecular weight is 288 g/mol. The smallest absolute Gasteiger partial charge is 0.242 e. The summed E-state index contributed by atoms with van der Waals surface area (Å²) in [5.74, 6) is 0.190. The highest BCUT2D eigenvalue weighted by atomic mass is 35.5. The van der Waals surface area contributed by atoms with E-state index in [9.17, 15) is 9.59 Å². The number of rotatable bonds is 3. The lowest BCUT2D eigenvalue weighted by molar-refractivity contribution is -0.142. The molecule has 0 radical (unpaired) electrons. The quantitative estimate of drug-likeness (QED) is 0.836. The molecule has 2 amide bonds. The topological polar surface area (TPSA) is 62.3 Å². The molecule has 1 saturated heterocycles. The van der Waals surface area contributed by atoms with Gasteiger partial charge in [0.2, 0.25) is 11.8 Å². The van der Waals surface area contributed by atoms with E-state index in [0.717, 1.165) is 10.7 Å². The van der Waals surface area contributed by atoms with Crippen LogP contribution < -0.4 is 5.32 Å². The summed E-state index contributed by atoms with van der Waals surface area (Å²) in [5, 5.41) is 5.32. The maximum Gasteiger partial charge on any atom is 0.242 e. The predicted molar refractivity (Wildman–Crippen MR) is 69.6 cm³/mol. The van der Waals surface area contributed by atoms with Crippen molar-refractivity contribution in [2.24, 2.45) is 0 Å². The molecule has 5 nitrogen and oxygen atoms in total. The third kappa shape index (κ3) is 2.81. The third-order valence-electron chi connectivity index (χ3n) is 2.86. The number of piperazine rings is 1. The Morgan fingerprint density at radius 3 is 3.17 bits per heavy atom. The van der Waals surface area contributed by atoms with Gasteiger partial charge in [0.15, 0.2) is 0 Å². The molecule has 0 bridgehead atoms. The van der Waals surface area contributed by atoms with Crippen molar-refractivity contribution in [2.45, 2.75) is 25.3 Å². The lowest BCUT2D eigenvalue weighted by atomic mass is 10.2. The van der Waals surface area contributed by atoms with E-state index in [1.54, 1.807) is 11.8 Å². The first-order valence-corrected chi connectivity index (χ1v) is 7.09. The van der Waals surface area contributed by atoms with Crippen LogP contribution in [0.3, 0.4) is 0 Å². The number of alkyl halides is 1. The normalized spacial score (nSPS) is 19.8. The average Bonchev–Trinajstić information content (AvgIpc) is 2.80. The lowest BCUT2D eigenvalue weighted by Gasteiger charge is -2.32. The molecule has 2 rings (SSSR count). The van der Waals surface area contributed by atoms with Gasteiger partial charge in [-0.05, 0) is 6.92 Å². The molecule has 7 heteroatoms. The van der Waals surface area contributed by atoms with Gasteiger partial charge in [0.05, 0.1) is 18.0 Å². The summed E-state index contributed by atoms with van der Waals surface area (Å²) in [6.45, 7) is 2.80. The Labute approximate surface area is 114 Å². The van der Waals surface area contributed by atoms with Gasteiger partial charge in [-0.25, -0.2) is 4.98 Å². The fourth-order valence-corrected chi connectivity index (χ4v) is 2.86. The van der Waals surface area contributed by atoms with E-state index in [1.807, 2.05) is 5.38 Å². The number of nitrogens with one attached hydrogen (secondary N) is 1. The Hall–Kier alpha value is -1.14. The fourth-order valence-electron chi connectivity index (χ4n) is 1.85. The highest BCUT2D eigenvalue weighted by Crippen LogP contribution is 2.14. The van der Waals surface area contributed by atoms with Crippen molar-refractivity contribution in [3.05, 3.63) is 16.1 Å². The van der Waals surface area contributed by atoms with E-state index < -0.39 is 6.04 Å². The molecule has 1 N–H and O–H groups in total. The summed E-state index contributed by atoms with van der Waals surface area (Å²) in [6.07, 6.45) is 0.235. The molecule has 1 aliphatic rings. The van der Waals surface area contributed by atoms with Crippen molar-refractivity contribution in [1.82, 2.24) is 15.2 Å². The molecule has 1 aliphatic heterocycles. The molecular formula is C11H14ClN3O2S. The number of carbonyl (C=O) groups excluding carboxylic acids is 2. The van der Waals surface area contributed by atoms with Gasteiger partial charge in [0, 0.05) is 18.5 Å². The van der Waals surface area contributed by atoms with Gasteiger partial charge in [0.25, 0.3) is 0 Å². The minimum Gasteiger partial charge on any atom is -0.353 e. The van der Waals surface area contributed by atoms with Gasteiger partial charge in [-0.15, -0.1) is 22.9 Å². The van der Waals surface area contributed by atoms with Crippen molar-refractivity contribution in [3.8, 4) is 0 Å². The van der Waals surface area contributed by atoms with Gasteiger partial charge < -0.3 is 10.2 Å². The summed E-state index contributed by atoms with van der Waals surface area (Å²) in [4.78, 5) is 29.4. The number of hydrogen-bond donors (Lipinski definition) is 1. The van der Waals surface area contributed by atoms with Crippen LogP contribution in [-0.4, -0.2) is 40.8 Å². The van der Waals surface area contributed by atoms with Gasteiger partial charge in [-0.3, -0.25) is 9.59 Å². The van der Waals surface area contributed by atoms with Gasteiger partial charge in [-0.2, -0.15) is 0 Å². The van der Waals surface area contributed by atoms with Crippen molar-refractivity contribution in [1.29, 1.82) is 0 Å². The Morgan fingerprint density at radius 2 is 2.50 bits per heavy atom. The fraction of sp³-hybridized carbons (Fsp3) is 0.545. The number of thiazole rings is 1. The van der Waals surface area contributed by atoms with Crippen molar-refractivity contribution >= 4 is 34.8 Å². The van der Waals surface area contributed by atoms with Gasteiger partial charge >= 0.3 is 0 Å². The second-order valence-corrected chi connectivity index (χ2v) is 5.31. The van der Waals surface area contributed by atoms with Crippen LogP contribution in [0.25, 0.3) is 0 Å². The summed E-state index contributed by atoms with van der Waals surface area (Å²) >= 11 is 7.09. The first-order chi connectivity index (χ1) is 8.61. The summed E-state index contributed by atoms with van der Waals surface area (Å²) in [6, 6.07) is -0.404. The van der Waals surface area contributed by atoms with Gasteiger partial charge in [0.1, 0.15) is 11.0 Å². The number of aromatic nitrogens is 1. The highest BCUT2D eigenvalue weighted by Gasteiger charge is 2.29.